The summed E-state index contributed by atoms with van der Waals surface area (Å²) < 4.78 is 0.780. The van der Waals surface area contributed by atoms with Gasteiger partial charge in [0.2, 0.25) is 5.91 Å². The molecule has 1 aliphatic rings. The van der Waals surface area contributed by atoms with Gasteiger partial charge in [-0.2, -0.15) is 0 Å². The van der Waals surface area contributed by atoms with Crippen LogP contribution in [0.5, 0.6) is 0 Å². The largest absolute Gasteiger partial charge is 0.481 e. The molecule has 1 heterocycles. The summed E-state index contributed by atoms with van der Waals surface area (Å²) >= 11 is 3.36. The fourth-order valence-corrected chi connectivity index (χ4v) is 2.44. The predicted octanol–water partition coefficient (Wildman–Crippen LogP) is 1.96. The standard InChI is InChI=1S/C11H11BrN2O3/c1-5-2-6(12)10-7(3-5)13-8(4-9(15)16)11(17)14-10/h2-3,8,13H,4H2,1H3,(H,14,17)(H,15,16). The second-order valence-corrected chi connectivity index (χ2v) is 4.81. The van der Waals surface area contributed by atoms with Crippen molar-refractivity contribution < 1.29 is 14.7 Å². The molecule has 0 aliphatic carbocycles. The van der Waals surface area contributed by atoms with Crippen LogP contribution in [-0.2, 0) is 9.59 Å². The maximum atomic E-state index is 11.7. The SMILES string of the molecule is Cc1cc(Br)c2c(c1)NC(CC(=O)O)C(=O)N2. The van der Waals surface area contributed by atoms with Gasteiger partial charge in [-0.1, -0.05) is 0 Å². The van der Waals surface area contributed by atoms with Crippen molar-refractivity contribution in [3.8, 4) is 0 Å². The Kier molecular flexibility index (Phi) is 3.06. The average Bonchev–Trinajstić information content (AvgIpc) is 2.20. The molecule has 1 aromatic carbocycles. The number of hydrogen-bond donors (Lipinski definition) is 3. The van der Waals surface area contributed by atoms with E-state index in [1.54, 1.807) is 0 Å². The smallest absolute Gasteiger partial charge is 0.305 e. The van der Waals surface area contributed by atoms with Gasteiger partial charge >= 0.3 is 5.97 Å². The fourth-order valence-electron chi connectivity index (χ4n) is 1.77. The normalized spacial score (nSPS) is 18.0. The van der Waals surface area contributed by atoms with Crippen LogP contribution >= 0.6 is 15.9 Å². The van der Waals surface area contributed by atoms with Gasteiger partial charge in [-0.15, -0.1) is 0 Å². The Morgan fingerprint density at radius 3 is 2.88 bits per heavy atom. The van der Waals surface area contributed by atoms with Gasteiger partial charge in [0, 0.05) is 4.47 Å². The molecule has 0 bridgehead atoms. The monoisotopic (exact) mass is 298 g/mol. The lowest BCUT2D eigenvalue weighted by Gasteiger charge is -2.27. The number of carbonyl (C=O) groups is 2. The number of fused-ring (bicyclic) bond motifs is 1. The molecule has 5 nitrogen and oxygen atoms in total. The molecule has 1 atom stereocenters. The minimum Gasteiger partial charge on any atom is -0.481 e. The minimum atomic E-state index is -1.01. The first-order valence-electron chi connectivity index (χ1n) is 5.06. The Bertz CT molecular complexity index is 502. The van der Waals surface area contributed by atoms with Crippen molar-refractivity contribution in [2.75, 3.05) is 10.6 Å². The molecule has 1 amide bonds. The third-order valence-electron chi connectivity index (χ3n) is 2.51. The van der Waals surface area contributed by atoms with Crippen molar-refractivity contribution in [1.82, 2.24) is 0 Å². The second-order valence-electron chi connectivity index (χ2n) is 3.95. The maximum absolute atomic E-state index is 11.7. The van der Waals surface area contributed by atoms with Crippen molar-refractivity contribution in [1.29, 1.82) is 0 Å². The molecule has 0 radical (unpaired) electrons. The van der Waals surface area contributed by atoms with Gasteiger partial charge in [-0.25, -0.2) is 0 Å². The van der Waals surface area contributed by atoms with E-state index in [0.29, 0.717) is 5.69 Å². The Morgan fingerprint density at radius 2 is 2.24 bits per heavy atom. The lowest BCUT2D eigenvalue weighted by atomic mass is 10.1. The Morgan fingerprint density at radius 1 is 1.53 bits per heavy atom. The summed E-state index contributed by atoms with van der Waals surface area (Å²) in [7, 11) is 0. The molecule has 2 rings (SSSR count). The Hall–Kier alpha value is -1.56. The highest BCUT2D eigenvalue weighted by Gasteiger charge is 2.28. The van der Waals surface area contributed by atoms with E-state index in [4.69, 9.17) is 5.11 Å². The summed E-state index contributed by atoms with van der Waals surface area (Å²) in [6, 6.07) is 3.03. The van der Waals surface area contributed by atoms with Crippen molar-refractivity contribution in [2.24, 2.45) is 0 Å². The highest BCUT2D eigenvalue weighted by molar-refractivity contribution is 9.10. The van der Waals surface area contributed by atoms with Crippen LogP contribution in [0.25, 0.3) is 0 Å². The molecule has 17 heavy (non-hydrogen) atoms. The third kappa shape index (κ3) is 2.41. The van der Waals surface area contributed by atoms with Gasteiger partial charge in [0.1, 0.15) is 6.04 Å². The van der Waals surface area contributed by atoms with Crippen molar-refractivity contribution in [2.45, 2.75) is 19.4 Å². The number of anilines is 2. The summed E-state index contributed by atoms with van der Waals surface area (Å²) in [5.41, 5.74) is 2.42. The zero-order valence-corrected chi connectivity index (χ0v) is 10.7. The summed E-state index contributed by atoms with van der Waals surface area (Å²) in [5, 5.41) is 14.3. The number of rotatable bonds is 2. The van der Waals surface area contributed by atoms with Gasteiger partial charge < -0.3 is 15.7 Å². The number of halogens is 1. The van der Waals surface area contributed by atoms with Crippen LogP contribution in [0.4, 0.5) is 11.4 Å². The fraction of sp³-hybridized carbons (Fsp3) is 0.273. The molecule has 90 valence electrons. The van der Waals surface area contributed by atoms with Crippen LogP contribution in [0.15, 0.2) is 16.6 Å². The summed E-state index contributed by atoms with van der Waals surface area (Å²) in [6.45, 7) is 1.93. The molecule has 0 saturated heterocycles. The van der Waals surface area contributed by atoms with Crippen molar-refractivity contribution in [3.63, 3.8) is 0 Å². The molecule has 3 N–H and O–H groups in total. The van der Waals surface area contributed by atoms with Gasteiger partial charge in [-0.05, 0) is 40.5 Å². The van der Waals surface area contributed by atoms with Crippen molar-refractivity contribution >= 4 is 39.2 Å². The Labute approximate surface area is 106 Å². The topological polar surface area (TPSA) is 78.4 Å². The predicted molar refractivity (Wildman–Crippen MR) is 67.2 cm³/mol. The number of aliphatic carboxylic acids is 1. The number of amides is 1. The van der Waals surface area contributed by atoms with E-state index in [1.807, 2.05) is 19.1 Å². The van der Waals surface area contributed by atoms with E-state index in [9.17, 15) is 9.59 Å². The van der Waals surface area contributed by atoms with Gasteiger partial charge in [0.05, 0.1) is 17.8 Å². The van der Waals surface area contributed by atoms with E-state index < -0.39 is 12.0 Å². The van der Waals surface area contributed by atoms with Gasteiger partial charge in [-0.3, -0.25) is 9.59 Å². The number of benzene rings is 1. The molecule has 0 spiro atoms. The first kappa shape index (κ1) is 11.9. The molecule has 1 unspecified atom stereocenters. The van der Waals surface area contributed by atoms with Crippen LogP contribution < -0.4 is 10.6 Å². The lowest BCUT2D eigenvalue weighted by Crippen LogP contribution is -2.40. The van der Waals surface area contributed by atoms with E-state index in [0.717, 1.165) is 15.7 Å². The number of carboxylic acid groups (broad SMARTS) is 1. The molecule has 1 aliphatic heterocycles. The summed E-state index contributed by atoms with van der Waals surface area (Å²) in [6.07, 6.45) is -0.239. The summed E-state index contributed by atoms with van der Waals surface area (Å²) in [4.78, 5) is 22.3. The summed E-state index contributed by atoms with van der Waals surface area (Å²) in [5.74, 6) is -1.34. The number of hydrogen-bond acceptors (Lipinski definition) is 3. The number of nitrogens with one attached hydrogen (secondary N) is 2. The maximum Gasteiger partial charge on any atom is 0.305 e. The van der Waals surface area contributed by atoms with Crippen LogP contribution in [0, 0.1) is 6.92 Å². The molecule has 0 saturated carbocycles. The van der Waals surface area contributed by atoms with E-state index in [2.05, 4.69) is 26.6 Å². The highest BCUT2D eigenvalue weighted by atomic mass is 79.9. The van der Waals surface area contributed by atoms with Gasteiger partial charge in [0.25, 0.3) is 0 Å². The lowest BCUT2D eigenvalue weighted by molar-refractivity contribution is -0.138. The first-order chi connectivity index (χ1) is 7.97. The molecule has 0 aromatic heterocycles. The minimum absolute atomic E-state index is 0.239. The number of carbonyl (C=O) groups excluding carboxylic acids is 1. The van der Waals surface area contributed by atoms with Crippen LogP contribution in [0.2, 0.25) is 0 Å². The second kappa shape index (κ2) is 4.37. The quantitative estimate of drug-likeness (QED) is 0.780. The average molecular weight is 299 g/mol. The number of carboxylic acids is 1. The molecule has 0 fully saturated rings. The van der Waals surface area contributed by atoms with Crippen molar-refractivity contribution in [3.05, 3.63) is 22.2 Å². The molecule has 1 aromatic rings. The molecular formula is C11H11BrN2O3. The highest BCUT2D eigenvalue weighted by Crippen LogP contribution is 2.35. The third-order valence-corrected chi connectivity index (χ3v) is 3.13. The molecule has 6 heteroatoms. The zero-order valence-electron chi connectivity index (χ0n) is 9.08. The van der Waals surface area contributed by atoms with Crippen LogP contribution in [0.1, 0.15) is 12.0 Å². The first-order valence-corrected chi connectivity index (χ1v) is 5.86. The van der Waals surface area contributed by atoms with Gasteiger partial charge in [0.15, 0.2) is 0 Å². The number of aryl methyl sites for hydroxylation is 1. The zero-order chi connectivity index (χ0) is 12.6. The van der Waals surface area contributed by atoms with Crippen LogP contribution in [0.3, 0.4) is 0 Å². The van der Waals surface area contributed by atoms with E-state index in [1.165, 1.54) is 0 Å². The molecular weight excluding hydrogens is 288 g/mol. The van der Waals surface area contributed by atoms with E-state index in [-0.39, 0.29) is 12.3 Å². The van der Waals surface area contributed by atoms with Crippen LogP contribution in [-0.4, -0.2) is 23.0 Å². The van der Waals surface area contributed by atoms with E-state index >= 15 is 0 Å². The Balaban J connectivity index is 2.34.